The number of rotatable bonds is 8. The molecule has 1 aliphatic rings. The van der Waals surface area contributed by atoms with Crippen molar-refractivity contribution >= 4 is 17.6 Å². The highest BCUT2D eigenvalue weighted by Gasteiger charge is 2.38. The van der Waals surface area contributed by atoms with Crippen LogP contribution in [0.5, 0.6) is 5.88 Å². The number of pyridine rings is 1. The molecule has 2 aromatic heterocycles. The lowest BCUT2D eigenvalue weighted by molar-refractivity contribution is -0.141. The van der Waals surface area contributed by atoms with Crippen molar-refractivity contribution in [2.24, 2.45) is 0 Å². The van der Waals surface area contributed by atoms with Gasteiger partial charge in [-0.25, -0.2) is 28.5 Å². The molecule has 3 heterocycles. The number of hydrogen-bond donors (Lipinski definition) is 3. The van der Waals surface area contributed by atoms with E-state index in [9.17, 15) is 36.6 Å². The molecule has 1 aromatic carbocycles. The van der Waals surface area contributed by atoms with E-state index in [4.69, 9.17) is 4.74 Å². The minimum Gasteiger partial charge on any atom is -0.474 e. The number of anilines is 1. The number of ether oxygens (including phenoxy) is 1. The van der Waals surface area contributed by atoms with Gasteiger partial charge < -0.3 is 25.4 Å². The predicted molar refractivity (Wildman–Crippen MR) is 143 cm³/mol. The van der Waals surface area contributed by atoms with Gasteiger partial charge in [0, 0.05) is 43.8 Å². The maximum atomic E-state index is 14.0. The quantitative estimate of drug-likeness (QED) is 0.326. The van der Waals surface area contributed by atoms with Gasteiger partial charge in [0.2, 0.25) is 11.8 Å². The molecule has 1 aliphatic heterocycles. The Hall–Kier alpha value is -4.40. The van der Waals surface area contributed by atoms with Crippen LogP contribution in [0.25, 0.3) is 0 Å². The first-order valence-electron chi connectivity index (χ1n) is 13.2. The van der Waals surface area contributed by atoms with Crippen molar-refractivity contribution in [1.29, 1.82) is 0 Å². The molecule has 4 rings (SSSR count). The minimum absolute atomic E-state index is 0.176. The average molecular weight is 609 g/mol. The lowest BCUT2D eigenvalue weighted by atomic mass is 9.84. The number of alkyl halides is 3. The van der Waals surface area contributed by atoms with Gasteiger partial charge in [0.25, 0.3) is 0 Å². The zero-order chi connectivity index (χ0) is 31.4. The van der Waals surface area contributed by atoms with Crippen molar-refractivity contribution in [3.63, 3.8) is 0 Å². The summed E-state index contributed by atoms with van der Waals surface area (Å²) in [5.74, 6) is -2.64. The minimum atomic E-state index is -4.71. The molecule has 0 spiro atoms. The first-order chi connectivity index (χ1) is 20.3. The lowest BCUT2D eigenvalue weighted by Crippen LogP contribution is -2.46. The molecule has 230 valence electrons. The Morgan fingerprint density at radius 2 is 1.72 bits per heavy atom. The van der Waals surface area contributed by atoms with Crippen molar-refractivity contribution in [2.75, 3.05) is 31.6 Å². The van der Waals surface area contributed by atoms with Crippen LogP contribution in [0.4, 0.5) is 32.4 Å². The molecular formula is C28H29F5N6O4. The van der Waals surface area contributed by atoms with Crippen LogP contribution >= 0.6 is 0 Å². The largest absolute Gasteiger partial charge is 0.474 e. The first kappa shape index (κ1) is 31.5. The number of nitrogens with zero attached hydrogens (tertiary/aromatic N) is 4. The molecule has 43 heavy (non-hydrogen) atoms. The zero-order valence-corrected chi connectivity index (χ0v) is 23.2. The van der Waals surface area contributed by atoms with Crippen molar-refractivity contribution < 1.29 is 41.4 Å². The van der Waals surface area contributed by atoms with E-state index in [1.807, 2.05) is 0 Å². The Balaban J connectivity index is 1.54. The van der Waals surface area contributed by atoms with Gasteiger partial charge in [0.05, 0.1) is 12.2 Å². The summed E-state index contributed by atoms with van der Waals surface area (Å²) in [6.07, 6.45) is -2.65. The number of aryl methyl sites for hydroxylation is 1. The van der Waals surface area contributed by atoms with Gasteiger partial charge >= 0.3 is 12.2 Å². The van der Waals surface area contributed by atoms with Crippen molar-refractivity contribution in [3.05, 3.63) is 77.0 Å². The van der Waals surface area contributed by atoms with Crippen LogP contribution in [0, 0.1) is 18.6 Å². The second-order valence-corrected chi connectivity index (χ2v) is 10.1. The number of aliphatic hydroxyl groups is 1. The van der Waals surface area contributed by atoms with Gasteiger partial charge in [-0.15, -0.1) is 0 Å². The van der Waals surface area contributed by atoms with Crippen molar-refractivity contribution in [1.82, 2.24) is 25.2 Å². The summed E-state index contributed by atoms with van der Waals surface area (Å²) in [6.45, 7) is 2.26. The number of nitrogens with one attached hydrogen (secondary N) is 2. The molecular weight excluding hydrogens is 579 g/mol. The summed E-state index contributed by atoms with van der Waals surface area (Å²) in [5.41, 5.74) is -3.14. The fourth-order valence-corrected chi connectivity index (χ4v) is 4.66. The summed E-state index contributed by atoms with van der Waals surface area (Å²) in [6, 6.07) is 5.64. The topological polar surface area (TPSA) is 130 Å². The molecule has 1 atom stereocenters. The Kier molecular flexibility index (Phi) is 9.43. The van der Waals surface area contributed by atoms with Gasteiger partial charge in [0.1, 0.15) is 41.0 Å². The van der Waals surface area contributed by atoms with E-state index in [0.717, 1.165) is 24.3 Å². The fourth-order valence-electron chi connectivity index (χ4n) is 4.66. The number of para-hydroxylation sites is 1. The summed E-state index contributed by atoms with van der Waals surface area (Å²) >= 11 is 0. The molecule has 3 amide bonds. The number of aromatic nitrogens is 3. The first-order valence-corrected chi connectivity index (χ1v) is 13.2. The molecule has 15 heteroatoms. The van der Waals surface area contributed by atoms with Gasteiger partial charge in [0.15, 0.2) is 0 Å². The van der Waals surface area contributed by atoms with E-state index in [2.05, 4.69) is 25.6 Å². The van der Waals surface area contributed by atoms with E-state index in [1.54, 1.807) is 6.92 Å². The van der Waals surface area contributed by atoms with Gasteiger partial charge in [-0.3, -0.25) is 4.79 Å². The molecule has 1 saturated heterocycles. The second kappa shape index (κ2) is 12.9. The number of carbonyl (C=O) groups is 2. The number of amides is 3. The summed E-state index contributed by atoms with van der Waals surface area (Å²) in [4.78, 5) is 38.0. The number of urea groups is 1. The van der Waals surface area contributed by atoms with Gasteiger partial charge in [-0.05, 0) is 38.0 Å². The van der Waals surface area contributed by atoms with E-state index in [-0.39, 0.29) is 31.1 Å². The van der Waals surface area contributed by atoms with Crippen molar-refractivity contribution in [2.45, 2.75) is 44.4 Å². The lowest BCUT2D eigenvalue weighted by Gasteiger charge is -2.35. The normalized spacial score (nSPS) is 15.5. The molecule has 1 fully saturated rings. The molecule has 0 saturated carbocycles. The monoisotopic (exact) mass is 608 g/mol. The average Bonchev–Trinajstić information content (AvgIpc) is 2.96. The summed E-state index contributed by atoms with van der Waals surface area (Å²) in [5, 5.41) is 16.5. The third-order valence-electron chi connectivity index (χ3n) is 6.91. The van der Waals surface area contributed by atoms with Crippen molar-refractivity contribution in [3.8, 4) is 5.88 Å². The third-order valence-corrected chi connectivity index (χ3v) is 6.91. The smallest absolute Gasteiger partial charge is 0.433 e. The van der Waals surface area contributed by atoms with E-state index in [0.29, 0.717) is 24.4 Å². The van der Waals surface area contributed by atoms with Gasteiger partial charge in [-0.2, -0.15) is 13.2 Å². The Labute approximate surface area is 243 Å². The van der Waals surface area contributed by atoms with E-state index < -0.39 is 59.2 Å². The van der Waals surface area contributed by atoms with Crippen LogP contribution in [0.1, 0.15) is 48.5 Å². The van der Waals surface area contributed by atoms with Crippen LogP contribution < -0.4 is 15.4 Å². The van der Waals surface area contributed by atoms with Crippen LogP contribution in [0.3, 0.4) is 0 Å². The highest BCUT2D eigenvalue weighted by atomic mass is 19.4. The summed E-state index contributed by atoms with van der Waals surface area (Å²) < 4.78 is 72.9. The highest BCUT2D eigenvalue weighted by molar-refractivity contribution is 5.89. The second-order valence-electron chi connectivity index (χ2n) is 10.1. The Morgan fingerprint density at radius 3 is 2.35 bits per heavy atom. The van der Waals surface area contributed by atoms with Crippen LogP contribution in [-0.2, 0) is 16.6 Å². The highest BCUT2D eigenvalue weighted by Crippen LogP contribution is 2.35. The number of piperidine rings is 1. The van der Waals surface area contributed by atoms with E-state index >= 15 is 0 Å². The number of halogens is 5. The zero-order valence-electron chi connectivity index (χ0n) is 23.2. The Bertz CT molecular complexity index is 1460. The standard InChI is InChI=1S/C28H29F5N6O4/c1-16-34-13-19(27(42,14-35-17(2)40)15-43-23-8-4-7-22(37-23)28(31,32)33)24(36-16)18-9-11-39(12-10-18)26(41)38-25-20(29)5-3-6-21(25)30/h3-8,13,18,42H,9-12,14-15H2,1-2H3,(H,35,40)(H,38,41). The molecule has 1 unspecified atom stereocenters. The summed E-state index contributed by atoms with van der Waals surface area (Å²) in [7, 11) is 0. The molecule has 10 nitrogen and oxygen atoms in total. The van der Waals surface area contributed by atoms with Crippen LogP contribution in [0.2, 0.25) is 0 Å². The molecule has 0 radical (unpaired) electrons. The third kappa shape index (κ3) is 7.71. The SMILES string of the molecule is CC(=O)NCC(O)(COc1cccc(C(F)(F)F)n1)c1cnc(C)nc1C1CCN(C(=O)Nc2c(F)cccc2F)CC1. The van der Waals surface area contributed by atoms with Crippen LogP contribution in [-0.4, -0.2) is 63.1 Å². The Morgan fingerprint density at radius 1 is 1.07 bits per heavy atom. The molecule has 3 N–H and O–H groups in total. The number of likely N-dealkylation sites (tertiary alicyclic amines) is 1. The van der Waals surface area contributed by atoms with Gasteiger partial charge in [-0.1, -0.05) is 12.1 Å². The maximum Gasteiger partial charge on any atom is 0.433 e. The number of benzene rings is 1. The van der Waals surface area contributed by atoms with Crippen LogP contribution in [0.15, 0.2) is 42.6 Å². The molecule has 3 aromatic rings. The number of carbonyl (C=O) groups excluding carboxylic acids is 2. The molecule has 0 bridgehead atoms. The number of hydrogen-bond acceptors (Lipinski definition) is 7. The predicted octanol–water partition coefficient (Wildman–Crippen LogP) is 4.29. The maximum absolute atomic E-state index is 14.0. The van der Waals surface area contributed by atoms with E-state index in [1.165, 1.54) is 30.2 Å². The fraction of sp³-hybridized carbons (Fsp3) is 0.393. The molecule has 0 aliphatic carbocycles.